The highest BCUT2D eigenvalue weighted by atomic mass is 32.2. The van der Waals surface area contributed by atoms with Crippen molar-refractivity contribution in [1.82, 2.24) is 19.9 Å². The van der Waals surface area contributed by atoms with Crippen molar-refractivity contribution in [3.8, 4) is 5.75 Å². The van der Waals surface area contributed by atoms with Crippen LogP contribution in [0.1, 0.15) is 13.8 Å². The molecule has 4 rings (SSSR count). The second-order valence-corrected chi connectivity index (χ2v) is 8.39. The lowest BCUT2D eigenvalue weighted by molar-refractivity contribution is -0.117. The first-order chi connectivity index (χ1) is 13.9. The molecule has 1 aromatic carbocycles. The van der Waals surface area contributed by atoms with Crippen LogP contribution in [0.2, 0.25) is 0 Å². The normalized spacial score (nSPS) is 14.5. The Morgan fingerprint density at radius 2 is 1.72 bits per heavy atom. The van der Waals surface area contributed by atoms with Gasteiger partial charge >= 0.3 is 0 Å². The van der Waals surface area contributed by atoms with Crippen LogP contribution in [0.25, 0.3) is 0 Å². The number of carbonyl (C=O) groups is 1. The number of anilines is 5. The van der Waals surface area contributed by atoms with E-state index in [4.69, 9.17) is 4.74 Å². The molecule has 0 saturated carbocycles. The Balaban J connectivity index is 1.49. The summed E-state index contributed by atoms with van der Waals surface area (Å²) in [6.45, 7) is 3.76. The first kappa shape index (κ1) is 18.9. The third-order valence-electron chi connectivity index (χ3n) is 4.16. The number of thioether (sulfide) groups is 1. The Kier molecular flexibility index (Phi) is 4.93. The molecular formula is C19H19N7O2S. The first-order valence-corrected chi connectivity index (χ1v) is 9.63. The summed E-state index contributed by atoms with van der Waals surface area (Å²) >= 11 is 1.48. The van der Waals surface area contributed by atoms with Crippen LogP contribution in [0.3, 0.4) is 0 Å². The van der Waals surface area contributed by atoms with E-state index in [0.29, 0.717) is 23.5 Å². The predicted molar refractivity (Wildman–Crippen MR) is 112 cm³/mol. The minimum absolute atomic E-state index is 0.0780. The molecule has 0 radical (unpaired) electrons. The average molecular weight is 409 g/mol. The molecule has 148 valence electrons. The van der Waals surface area contributed by atoms with Crippen molar-refractivity contribution in [2.75, 3.05) is 23.1 Å². The molecule has 29 heavy (non-hydrogen) atoms. The Morgan fingerprint density at radius 3 is 2.45 bits per heavy atom. The third-order valence-corrected chi connectivity index (χ3v) is 5.41. The molecule has 0 spiro atoms. The number of hydrogen-bond donors (Lipinski definition) is 3. The molecule has 0 bridgehead atoms. The molecule has 0 fully saturated rings. The molecule has 1 amide bonds. The standard InChI is InChI=1S/C19H19N7O2S/c1-19(2)16(27)25-15-13(29-19)8-9-14(23-15)24-18-21-10-20-17(26-18)22-11-4-6-12(28-3)7-5-11/h4-10H,1-3H3,(H3,20,21,22,23,24,25,26,27). The topological polar surface area (TPSA) is 114 Å². The van der Waals surface area contributed by atoms with Crippen molar-refractivity contribution < 1.29 is 9.53 Å². The van der Waals surface area contributed by atoms with Crippen molar-refractivity contribution in [2.45, 2.75) is 23.5 Å². The fourth-order valence-corrected chi connectivity index (χ4v) is 3.62. The summed E-state index contributed by atoms with van der Waals surface area (Å²) < 4.78 is 4.62. The van der Waals surface area contributed by atoms with E-state index in [-0.39, 0.29) is 5.91 Å². The van der Waals surface area contributed by atoms with Crippen molar-refractivity contribution in [3.05, 3.63) is 42.7 Å². The van der Waals surface area contributed by atoms with E-state index in [1.807, 2.05) is 50.2 Å². The maximum absolute atomic E-state index is 12.2. The van der Waals surface area contributed by atoms with E-state index >= 15 is 0 Å². The lowest BCUT2D eigenvalue weighted by Gasteiger charge is -2.29. The van der Waals surface area contributed by atoms with E-state index in [9.17, 15) is 4.79 Å². The van der Waals surface area contributed by atoms with E-state index < -0.39 is 4.75 Å². The van der Waals surface area contributed by atoms with Gasteiger partial charge in [0.15, 0.2) is 0 Å². The minimum atomic E-state index is -0.528. The summed E-state index contributed by atoms with van der Waals surface area (Å²) in [4.78, 5) is 30.1. The van der Waals surface area contributed by atoms with Crippen LogP contribution in [0.4, 0.5) is 29.2 Å². The summed E-state index contributed by atoms with van der Waals surface area (Å²) in [5.74, 6) is 2.45. The molecule has 3 heterocycles. The second-order valence-electron chi connectivity index (χ2n) is 6.72. The van der Waals surface area contributed by atoms with Gasteiger partial charge in [0, 0.05) is 5.69 Å². The summed E-state index contributed by atoms with van der Waals surface area (Å²) in [6.07, 6.45) is 1.40. The minimum Gasteiger partial charge on any atom is -0.497 e. The van der Waals surface area contributed by atoms with Gasteiger partial charge in [0.2, 0.25) is 17.8 Å². The van der Waals surface area contributed by atoms with Crippen LogP contribution in [0.15, 0.2) is 47.6 Å². The molecular weight excluding hydrogens is 390 g/mol. The second kappa shape index (κ2) is 7.55. The number of amides is 1. The fourth-order valence-electron chi connectivity index (χ4n) is 2.60. The summed E-state index contributed by atoms with van der Waals surface area (Å²) in [5, 5.41) is 8.99. The Bertz CT molecular complexity index is 1060. The van der Waals surface area contributed by atoms with Gasteiger partial charge in [0.05, 0.1) is 16.8 Å². The smallest absolute Gasteiger partial charge is 0.241 e. The van der Waals surface area contributed by atoms with Crippen molar-refractivity contribution in [2.24, 2.45) is 0 Å². The van der Waals surface area contributed by atoms with Gasteiger partial charge in [-0.25, -0.2) is 15.0 Å². The van der Waals surface area contributed by atoms with Crippen LogP contribution in [0.5, 0.6) is 5.75 Å². The Morgan fingerprint density at radius 1 is 1.00 bits per heavy atom. The average Bonchev–Trinajstić information content (AvgIpc) is 2.70. The van der Waals surface area contributed by atoms with Gasteiger partial charge in [-0.3, -0.25) is 4.79 Å². The number of methoxy groups -OCH3 is 1. The highest BCUT2D eigenvalue weighted by Crippen LogP contribution is 2.41. The van der Waals surface area contributed by atoms with E-state index in [0.717, 1.165) is 16.3 Å². The molecule has 3 N–H and O–H groups in total. The molecule has 9 nitrogen and oxygen atoms in total. The van der Waals surface area contributed by atoms with Crippen molar-refractivity contribution >= 4 is 46.9 Å². The van der Waals surface area contributed by atoms with Gasteiger partial charge in [-0.05, 0) is 50.2 Å². The SMILES string of the molecule is COc1ccc(Nc2ncnc(Nc3ccc4c(n3)NC(=O)C(C)(C)S4)n2)cc1. The fraction of sp³-hybridized carbons (Fsp3) is 0.211. The Labute approximate surface area is 171 Å². The van der Waals surface area contributed by atoms with Crippen LogP contribution in [0, 0.1) is 0 Å². The number of rotatable bonds is 5. The predicted octanol–water partition coefficient (Wildman–Crippen LogP) is 3.59. The number of fused-ring (bicyclic) bond motifs is 1. The van der Waals surface area contributed by atoms with E-state index in [1.165, 1.54) is 18.1 Å². The third kappa shape index (κ3) is 4.21. The number of aromatic nitrogens is 4. The maximum Gasteiger partial charge on any atom is 0.241 e. The molecule has 0 atom stereocenters. The van der Waals surface area contributed by atoms with Crippen LogP contribution < -0.4 is 20.7 Å². The first-order valence-electron chi connectivity index (χ1n) is 8.81. The molecule has 0 aliphatic carbocycles. The van der Waals surface area contributed by atoms with Crippen molar-refractivity contribution in [1.29, 1.82) is 0 Å². The zero-order valence-electron chi connectivity index (χ0n) is 16.1. The zero-order valence-corrected chi connectivity index (χ0v) is 16.9. The molecule has 10 heteroatoms. The summed E-state index contributed by atoms with van der Waals surface area (Å²) in [6, 6.07) is 11.1. The molecule has 3 aromatic rings. The Hall–Kier alpha value is -3.40. The monoisotopic (exact) mass is 409 g/mol. The molecule has 1 aliphatic rings. The summed E-state index contributed by atoms with van der Waals surface area (Å²) in [5.41, 5.74) is 0.817. The zero-order chi connectivity index (χ0) is 20.4. The molecule has 0 saturated heterocycles. The number of carbonyl (C=O) groups excluding carboxylic acids is 1. The van der Waals surface area contributed by atoms with Gasteiger partial charge in [0.25, 0.3) is 0 Å². The van der Waals surface area contributed by atoms with Crippen LogP contribution in [-0.2, 0) is 4.79 Å². The number of nitrogens with one attached hydrogen (secondary N) is 3. The van der Waals surface area contributed by atoms with Gasteiger partial charge < -0.3 is 20.7 Å². The summed E-state index contributed by atoms with van der Waals surface area (Å²) in [7, 11) is 1.62. The number of pyridine rings is 1. The van der Waals surface area contributed by atoms with Gasteiger partial charge in [-0.1, -0.05) is 0 Å². The van der Waals surface area contributed by atoms with Gasteiger partial charge in [0.1, 0.15) is 23.7 Å². The van der Waals surface area contributed by atoms with E-state index in [2.05, 4.69) is 35.9 Å². The van der Waals surface area contributed by atoms with Gasteiger partial charge in [-0.15, -0.1) is 11.8 Å². The highest BCUT2D eigenvalue weighted by molar-refractivity contribution is 8.01. The van der Waals surface area contributed by atoms with Crippen LogP contribution >= 0.6 is 11.8 Å². The molecule has 0 unspecified atom stereocenters. The van der Waals surface area contributed by atoms with Crippen molar-refractivity contribution in [3.63, 3.8) is 0 Å². The lowest BCUT2D eigenvalue weighted by Crippen LogP contribution is -2.37. The van der Waals surface area contributed by atoms with Gasteiger partial charge in [-0.2, -0.15) is 4.98 Å². The maximum atomic E-state index is 12.2. The highest BCUT2D eigenvalue weighted by Gasteiger charge is 2.35. The molecule has 1 aliphatic heterocycles. The number of hydrogen-bond acceptors (Lipinski definition) is 9. The lowest BCUT2D eigenvalue weighted by atomic mass is 10.2. The number of benzene rings is 1. The largest absolute Gasteiger partial charge is 0.497 e. The quantitative estimate of drug-likeness (QED) is 0.581. The van der Waals surface area contributed by atoms with E-state index in [1.54, 1.807) is 7.11 Å². The number of nitrogens with zero attached hydrogens (tertiary/aromatic N) is 4. The van der Waals surface area contributed by atoms with Crippen LogP contribution in [-0.4, -0.2) is 37.7 Å². The molecule has 2 aromatic heterocycles. The number of ether oxygens (including phenoxy) is 1.